The Morgan fingerprint density at radius 2 is 0.960 bits per heavy atom. The molecule has 0 saturated heterocycles. The molecule has 3 aromatic carbocycles. The Balaban J connectivity index is 2.47. The summed E-state index contributed by atoms with van der Waals surface area (Å²) in [6, 6.07) is 32.3. The molecule has 0 nitrogen and oxygen atoms in total. The second kappa shape index (κ2) is 7.41. The fourth-order valence-electron chi connectivity index (χ4n) is 3.51. The van der Waals surface area contributed by atoms with E-state index in [-0.39, 0.29) is 5.16 Å². The van der Waals surface area contributed by atoms with Crippen LogP contribution < -0.4 is 15.9 Å². The lowest BCUT2D eigenvalue weighted by atomic mass is 10.2. The molecule has 0 bridgehead atoms. The zero-order valence-electron chi connectivity index (χ0n) is 14.5. The highest BCUT2D eigenvalue weighted by Crippen LogP contribution is 2.66. The third kappa shape index (κ3) is 3.08. The summed E-state index contributed by atoms with van der Waals surface area (Å²) >= 11 is 10.4. The van der Waals surface area contributed by atoms with Gasteiger partial charge in [0.05, 0.1) is 4.20 Å². The lowest BCUT2D eigenvalue weighted by molar-refractivity contribution is 0.962. The Morgan fingerprint density at radius 3 is 1.20 bits per heavy atom. The third-order valence-electron chi connectivity index (χ3n) is 4.79. The SMILES string of the molecule is CC(C)(C(=S)S)[P+](c1ccccc1)(c1ccccc1)c1ccccc1. The number of thiol groups is 1. The first-order valence-corrected chi connectivity index (χ1v) is 10.9. The van der Waals surface area contributed by atoms with Crippen LogP contribution in [0.3, 0.4) is 0 Å². The molecule has 0 radical (unpaired) electrons. The van der Waals surface area contributed by atoms with Crippen molar-refractivity contribution >= 4 is 52.2 Å². The molecule has 0 N–H and O–H groups in total. The van der Waals surface area contributed by atoms with Gasteiger partial charge in [-0.1, -0.05) is 66.8 Å². The van der Waals surface area contributed by atoms with E-state index in [1.165, 1.54) is 15.9 Å². The Hall–Kier alpha value is -1.47. The zero-order valence-corrected chi connectivity index (χ0v) is 17.1. The molecule has 3 heteroatoms. The molecule has 0 amide bonds. The third-order valence-corrected chi connectivity index (χ3v) is 11.3. The molecule has 0 aliphatic rings. The normalized spacial score (nSPS) is 12.0. The van der Waals surface area contributed by atoms with Crippen molar-refractivity contribution in [3.63, 3.8) is 0 Å². The number of benzene rings is 3. The van der Waals surface area contributed by atoms with Gasteiger partial charge in [0.1, 0.15) is 28.3 Å². The van der Waals surface area contributed by atoms with E-state index in [1.807, 2.05) is 0 Å². The van der Waals surface area contributed by atoms with E-state index < -0.39 is 7.26 Å². The van der Waals surface area contributed by atoms with Gasteiger partial charge in [0.25, 0.3) is 0 Å². The highest BCUT2D eigenvalue weighted by atomic mass is 32.1. The summed E-state index contributed by atoms with van der Waals surface area (Å²) < 4.78 is 0.748. The summed E-state index contributed by atoms with van der Waals surface area (Å²) in [6.07, 6.45) is 0. The molecule has 0 fully saturated rings. The van der Waals surface area contributed by atoms with Crippen molar-refractivity contribution in [1.82, 2.24) is 0 Å². The minimum absolute atomic E-state index is 0.268. The highest BCUT2D eigenvalue weighted by molar-refractivity contribution is 8.14. The fourth-order valence-corrected chi connectivity index (χ4v) is 9.35. The van der Waals surface area contributed by atoms with Gasteiger partial charge in [-0.05, 0) is 50.2 Å². The van der Waals surface area contributed by atoms with Crippen molar-refractivity contribution in [3.05, 3.63) is 91.0 Å². The monoisotopic (exact) mass is 381 g/mol. The van der Waals surface area contributed by atoms with E-state index >= 15 is 0 Å². The van der Waals surface area contributed by atoms with Crippen LogP contribution in [0.1, 0.15) is 13.8 Å². The average molecular weight is 382 g/mol. The summed E-state index contributed by atoms with van der Waals surface area (Å²) in [7, 11) is -2.03. The van der Waals surface area contributed by atoms with Crippen LogP contribution in [-0.4, -0.2) is 9.35 Å². The minimum atomic E-state index is -2.03. The van der Waals surface area contributed by atoms with Crippen molar-refractivity contribution in [3.8, 4) is 0 Å². The van der Waals surface area contributed by atoms with Crippen molar-refractivity contribution in [2.24, 2.45) is 0 Å². The Labute approximate surface area is 162 Å². The van der Waals surface area contributed by atoms with Crippen LogP contribution in [0.25, 0.3) is 0 Å². The first kappa shape index (κ1) is 18.3. The number of rotatable bonds is 5. The van der Waals surface area contributed by atoms with Crippen LogP contribution >= 0.6 is 32.1 Å². The molecular formula is C22H22PS2+. The molecule has 126 valence electrons. The van der Waals surface area contributed by atoms with Crippen LogP contribution in [0.5, 0.6) is 0 Å². The van der Waals surface area contributed by atoms with Crippen molar-refractivity contribution in [2.45, 2.75) is 19.0 Å². The molecule has 3 rings (SSSR count). The quantitative estimate of drug-likeness (QED) is 0.368. The zero-order chi connectivity index (χ0) is 17.9. The predicted molar refractivity (Wildman–Crippen MR) is 121 cm³/mol. The molecule has 0 aliphatic carbocycles. The Morgan fingerprint density at radius 1 is 0.680 bits per heavy atom. The second-order valence-corrected chi connectivity index (χ2v) is 11.7. The van der Waals surface area contributed by atoms with Gasteiger partial charge in [-0.3, -0.25) is 0 Å². The van der Waals surface area contributed by atoms with E-state index in [4.69, 9.17) is 12.2 Å². The van der Waals surface area contributed by atoms with Crippen LogP contribution in [0, 0.1) is 0 Å². The topological polar surface area (TPSA) is 0 Å². The number of hydrogen-bond acceptors (Lipinski definition) is 1. The summed E-state index contributed by atoms with van der Waals surface area (Å²) in [4.78, 5) is 0. The standard InChI is InChI=1S/C22H21PS2/c1-22(2,21(24)25)23(18-12-6-3-7-13-18,19-14-8-4-9-15-19)20-16-10-5-11-17-20/h3-17H,1-2H3/p+1. The Bertz CT molecular complexity index is 746. The molecule has 0 atom stereocenters. The molecule has 25 heavy (non-hydrogen) atoms. The average Bonchev–Trinajstić information content (AvgIpc) is 2.65. The van der Waals surface area contributed by atoms with Gasteiger partial charge in [0.2, 0.25) is 0 Å². The molecule has 0 spiro atoms. The maximum Gasteiger partial charge on any atom is 0.129 e. The van der Waals surface area contributed by atoms with Gasteiger partial charge >= 0.3 is 0 Å². The summed E-state index contributed by atoms with van der Waals surface area (Å²) in [5, 5.41) is 3.71. The maximum absolute atomic E-state index is 5.67. The summed E-state index contributed by atoms with van der Waals surface area (Å²) in [6.45, 7) is 4.48. The van der Waals surface area contributed by atoms with Gasteiger partial charge in [-0.25, -0.2) is 0 Å². The molecule has 3 aromatic rings. The fraction of sp³-hybridized carbons (Fsp3) is 0.136. The van der Waals surface area contributed by atoms with Gasteiger partial charge < -0.3 is 0 Å². The van der Waals surface area contributed by atoms with E-state index in [2.05, 4.69) is 117 Å². The van der Waals surface area contributed by atoms with E-state index in [0.29, 0.717) is 0 Å². The first-order chi connectivity index (χ1) is 12.0. The van der Waals surface area contributed by atoms with Crippen molar-refractivity contribution in [2.75, 3.05) is 0 Å². The first-order valence-electron chi connectivity index (χ1n) is 8.30. The highest BCUT2D eigenvalue weighted by Gasteiger charge is 2.59. The lowest BCUT2D eigenvalue weighted by Gasteiger charge is -2.39. The smallest absolute Gasteiger partial charge is 0.129 e. The van der Waals surface area contributed by atoms with Crippen LogP contribution in [0.15, 0.2) is 91.0 Å². The summed E-state index contributed by atoms with van der Waals surface area (Å²) in [5.41, 5.74) is 0. The summed E-state index contributed by atoms with van der Waals surface area (Å²) in [5.74, 6) is 0. The number of thiocarbonyl (C=S) groups is 1. The maximum atomic E-state index is 5.67. The van der Waals surface area contributed by atoms with Gasteiger partial charge in [-0.2, -0.15) is 0 Å². The largest absolute Gasteiger partial charge is 0.132 e. The van der Waals surface area contributed by atoms with Crippen molar-refractivity contribution in [1.29, 1.82) is 0 Å². The van der Waals surface area contributed by atoms with Crippen LogP contribution in [0.2, 0.25) is 0 Å². The Kier molecular flexibility index (Phi) is 5.43. The molecule has 0 unspecified atom stereocenters. The molecule has 0 heterocycles. The molecule has 0 aliphatic heterocycles. The minimum Gasteiger partial charge on any atom is -0.132 e. The molecule has 0 saturated carbocycles. The molecular weight excluding hydrogens is 359 g/mol. The van der Waals surface area contributed by atoms with E-state index in [0.717, 1.165) is 4.20 Å². The lowest BCUT2D eigenvalue weighted by Crippen LogP contribution is -2.47. The number of hydrogen-bond donors (Lipinski definition) is 1. The van der Waals surface area contributed by atoms with Gasteiger partial charge in [0.15, 0.2) is 0 Å². The van der Waals surface area contributed by atoms with Crippen LogP contribution in [0.4, 0.5) is 0 Å². The predicted octanol–water partition coefficient (Wildman–Crippen LogP) is 5.02. The van der Waals surface area contributed by atoms with Gasteiger partial charge in [0, 0.05) is 0 Å². The molecule has 0 aromatic heterocycles. The van der Waals surface area contributed by atoms with Gasteiger partial charge in [-0.15, -0.1) is 12.6 Å². The van der Waals surface area contributed by atoms with Crippen LogP contribution in [-0.2, 0) is 0 Å². The van der Waals surface area contributed by atoms with E-state index in [9.17, 15) is 0 Å². The van der Waals surface area contributed by atoms with Crippen molar-refractivity contribution < 1.29 is 0 Å². The second-order valence-electron chi connectivity index (χ2n) is 6.54. The van der Waals surface area contributed by atoms with E-state index in [1.54, 1.807) is 0 Å².